The maximum atomic E-state index is 8.73. The molecule has 0 atom stereocenters. The molecular formula is C11H18N4O2. The lowest BCUT2D eigenvalue weighted by atomic mass is 10.2. The van der Waals surface area contributed by atoms with E-state index in [-0.39, 0.29) is 12.4 Å². The topological polar surface area (TPSA) is 95.0 Å². The fourth-order valence-electron chi connectivity index (χ4n) is 1.50. The zero-order chi connectivity index (χ0) is 12.7. The van der Waals surface area contributed by atoms with Crippen molar-refractivity contribution in [2.45, 2.75) is 13.0 Å². The Balaban J connectivity index is 2.65. The van der Waals surface area contributed by atoms with Gasteiger partial charge in [-0.3, -0.25) is 4.98 Å². The third kappa shape index (κ3) is 4.38. The Morgan fingerprint density at radius 2 is 2.35 bits per heavy atom. The number of hydrogen-bond donors (Lipinski definition) is 3. The van der Waals surface area contributed by atoms with E-state index in [4.69, 9.17) is 16.0 Å². The Morgan fingerprint density at radius 3 is 3.00 bits per heavy atom. The molecule has 0 aliphatic rings. The Kier molecular flexibility index (Phi) is 5.38. The highest BCUT2D eigenvalue weighted by Crippen LogP contribution is 2.05. The third-order valence-corrected chi connectivity index (χ3v) is 2.34. The van der Waals surface area contributed by atoms with Crippen LogP contribution in [-0.4, -0.2) is 46.2 Å². The normalized spacial score (nSPS) is 12.1. The van der Waals surface area contributed by atoms with E-state index in [1.807, 2.05) is 13.1 Å². The van der Waals surface area contributed by atoms with Crippen LogP contribution in [0.15, 0.2) is 23.5 Å². The smallest absolute Gasteiger partial charge is 0.188 e. The van der Waals surface area contributed by atoms with Gasteiger partial charge in [0.2, 0.25) is 0 Å². The first-order valence-electron chi connectivity index (χ1n) is 5.39. The molecule has 0 aromatic carbocycles. The van der Waals surface area contributed by atoms with Gasteiger partial charge in [0.05, 0.1) is 0 Å². The van der Waals surface area contributed by atoms with E-state index >= 15 is 0 Å². The van der Waals surface area contributed by atoms with Crippen molar-refractivity contribution in [3.8, 4) is 0 Å². The summed E-state index contributed by atoms with van der Waals surface area (Å²) >= 11 is 0. The number of hydrogen-bond acceptors (Lipinski definition) is 5. The van der Waals surface area contributed by atoms with Gasteiger partial charge in [-0.25, -0.2) is 0 Å². The summed E-state index contributed by atoms with van der Waals surface area (Å²) < 4.78 is 0. The highest BCUT2D eigenvalue weighted by Gasteiger charge is 2.04. The van der Waals surface area contributed by atoms with Crippen molar-refractivity contribution in [3.63, 3.8) is 0 Å². The van der Waals surface area contributed by atoms with Gasteiger partial charge in [0.1, 0.15) is 5.69 Å². The molecule has 0 saturated carbocycles. The number of pyridine rings is 1. The molecule has 6 nitrogen and oxygen atoms in total. The van der Waals surface area contributed by atoms with Gasteiger partial charge in [0.15, 0.2) is 5.84 Å². The highest BCUT2D eigenvalue weighted by atomic mass is 16.4. The van der Waals surface area contributed by atoms with Gasteiger partial charge in [-0.15, -0.1) is 0 Å². The fraction of sp³-hybridized carbons (Fsp3) is 0.455. The van der Waals surface area contributed by atoms with Crippen molar-refractivity contribution in [3.05, 3.63) is 29.6 Å². The minimum Gasteiger partial charge on any atom is -0.409 e. The van der Waals surface area contributed by atoms with Crippen LogP contribution < -0.4 is 5.73 Å². The van der Waals surface area contributed by atoms with Gasteiger partial charge in [-0.05, 0) is 31.2 Å². The average Bonchev–Trinajstić information content (AvgIpc) is 2.35. The van der Waals surface area contributed by atoms with Crippen molar-refractivity contribution < 1.29 is 10.3 Å². The largest absolute Gasteiger partial charge is 0.409 e. The average molecular weight is 238 g/mol. The number of oxime groups is 1. The lowest BCUT2D eigenvalue weighted by molar-refractivity contribution is 0.244. The molecule has 0 fully saturated rings. The minimum atomic E-state index is 0.00450. The summed E-state index contributed by atoms with van der Waals surface area (Å²) in [6.45, 7) is 1.74. The second-order valence-corrected chi connectivity index (χ2v) is 3.85. The second kappa shape index (κ2) is 6.82. The van der Waals surface area contributed by atoms with Crippen molar-refractivity contribution in [2.75, 3.05) is 20.2 Å². The maximum absolute atomic E-state index is 8.73. The van der Waals surface area contributed by atoms with Gasteiger partial charge < -0.3 is 20.9 Å². The van der Waals surface area contributed by atoms with Crippen LogP contribution >= 0.6 is 0 Å². The molecule has 17 heavy (non-hydrogen) atoms. The molecule has 0 aliphatic heterocycles. The predicted molar refractivity (Wildman–Crippen MR) is 64.8 cm³/mol. The summed E-state index contributed by atoms with van der Waals surface area (Å²) in [5, 5.41) is 20.2. The molecule has 1 aromatic heterocycles. The molecule has 0 radical (unpaired) electrons. The van der Waals surface area contributed by atoms with Crippen LogP contribution in [0.1, 0.15) is 17.7 Å². The SMILES string of the molecule is CN(CCCO)Cc1ccnc(/C(N)=N/O)c1. The first kappa shape index (κ1) is 13.4. The Morgan fingerprint density at radius 1 is 1.59 bits per heavy atom. The molecule has 0 aliphatic carbocycles. The molecule has 0 amide bonds. The summed E-state index contributed by atoms with van der Waals surface area (Å²) in [7, 11) is 1.97. The third-order valence-electron chi connectivity index (χ3n) is 2.34. The lowest BCUT2D eigenvalue weighted by Gasteiger charge is -2.16. The van der Waals surface area contributed by atoms with E-state index in [1.165, 1.54) is 0 Å². The molecule has 0 bridgehead atoms. The quantitative estimate of drug-likeness (QED) is 0.280. The zero-order valence-corrected chi connectivity index (χ0v) is 9.87. The minimum absolute atomic E-state index is 0.00450. The first-order valence-corrected chi connectivity index (χ1v) is 5.39. The predicted octanol–water partition coefficient (Wildman–Crippen LogP) is -0.00970. The highest BCUT2D eigenvalue weighted by molar-refractivity contribution is 5.95. The van der Waals surface area contributed by atoms with E-state index in [1.54, 1.807) is 12.3 Å². The van der Waals surface area contributed by atoms with E-state index in [2.05, 4.69) is 15.0 Å². The van der Waals surface area contributed by atoms with Gasteiger partial charge in [-0.2, -0.15) is 0 Å². The van der Waals surface area contributed by atoms with Crippen molar-refractivity contribution in [1.82, 2.24) is 9.88 Å². The standard InChI is InChI=1S/C11H18N4O2/c1-15(5-2-6-16)8-9-3-4-13-10(7-9)11(12)14-17/h3-4,7,16-17H,2,5-6,8H2,1H3,(H2,12,14). The van der Waals surface area contributed by atoms with Gasteiger partial charge in [0, 0.05) is 25.9 Å². The molecule has 94 valence electrons. The van der Waals surface area contributed by atoms with Crippen LogP contribution in [0.3, 0.4) is 0 Å². The summed E-state index contributed by atoms with van der Waals surface area (Å²) in [4.78, 5) is 6.09. The number of aliphatic hydroxyl groups excluding tert-OH is 1. The first-order chi connectivity index (χ1) is 8.17. The van der Waals surface area contributed by atoms with E-state index in [0.29, 0.717) is 5.69 Å². The van der Waals surface area contributed by atoms with Crippen LogP contribution in [0.4, 0.5) is 0 Å². The van der Waals surface area contributed by atoms with Crippen LogP contribution in [0.2, 0.25) is 0 Å². The molecule has 1 rings (SSSR count). The Bertz CT molecular complexity index is 381. The Labute approximate surface area is 100 Å². The van der Waals surface area contributed by atoms with Gasteiger partial charge in [-0.1, -0.05) is 5.16 Å². The number of aromatic nitrogens is 1. The van der Waals surface area contributed by atoms with Crippen molar-refractivity contribution >= 4 is 5.84 Å². The van der Waals surface area contributed by atoms with Crippen LogP contribution in [-0.2, 0) is 6.54 Å². The van der Waals surface area contributed by atoms with Gasteiger partial charge >= 0.3 is 0 Å². The summed E-state index contributed by atoms with van der Waals surface area (Å²) in [5.41, 5.74) is 6.95. The lowest BCUT2D eigenvalue weighted by Crippen LogP contribution is -2.21. The zero-order valence-electron chi connectivity index (χ0n) is 9.87. The number of amidine groups is 1. The Hall–Kier alpha value is -1.66. The number of rotatable bonds is 6. The van der Waals surface area contributed by atoms with E-state index < -0.39 is 0 Å². The van der Waals surface area contributed by atoms with Crippen molar-refractivity contribution in [1.29, 1.82) is 0 Å². The summed E-state index contributed by atoms with van der Waals surface area (Å²) in [5.74, 6) is 0.00450. The molecule has 1 aromatic rings. The van der Waals surface area contributed by atoms with Crippen LogP contribution in [0, 0.1) is 0 Å². The van der Waals surface area contributed by atoms with Gasteiger partial charge in [0.25, 0.3) is 0 Å². The molecule has 0 spiro atoms. The summed E-state index contributed by atoms with van der Waals surface area (Å²) in [6, 6.07) is 3.66. The molecule has 0 unspecified atom stereocenters. The number of nitrogens with zero attached hydrogens (tertiary/aromatic N) is 3. The van der Waals surface area contributed by atoms with E-state index in [9.17, 15) is 0 Å². The number of aliphatic hydroxyl groups is 1. The monoisotopic (exact) mass is 238 g/mol. The van der Waals surface area contributed by atoms with Crippen LogP contribution in [0.25, 0.3) is 0 Å². The molecule has 4 N–H and O–H groups in total. The molecule has 1 heterocycles. The van der Waals surface area contributed by atoms with Crippen LogP contribution in [0.5, 0.6) is 0 Å². The molecule has 0 saturated heterocycles. The second-order valence-electron chi connectivity index (χ2n) is 3.85. The summed E-state index contributed by atoms with van der Waals surface area (Å²) in [6.07, 6.45) is 2.37. The fourth-order valence-corrected chi connectivity index (χ4v) is 1.50. The maximum Gasteiger partial charge on any atom is 0.188 e. The van der Waals surface area contributed by atoms with Crippen molar-refractivity contribution in [2.24, 2.45) is 10.9 Å². The van der Waals surface area contributed by atoms with E-state index in [0.717, 1.165) is 25.1 Å². The molecule has 6 heteroatoms. The number of nitrogens with two attached hydrogens (primary N) is 1. The molecular weight excluding hydrogens is 220 g/mol.